The number of aromatic nitrogens is 2. The Bertz CT molecular complexity index is 403. The van der Waals surface area contributed by atoms with Crippen molar-refractivity contribution in [2.75, 3.05) is 18.4 Å². The van der Waals surface area contributed by atoms with Gasteiger partial charge >= 0.3 is 0 Å². The van der Waals surface area contributed by atoms with E-state index in [1.54, 1.807) is 6.20 Å². The van der Waals surface area contributed by atoms with E-state index in [0.717, 1.165) is 19.5 Å². The number of carbonyl (C=O) groups is 1. The lowest BCUT2D eigenvalue weighted by molar-refractivity contribution is 0.0995. The smallest absolute Gasteiger partial charge is 0.268 e. The zero-order valence-corrected chi connectivity index (χ0v) is 10.4. The van der Waals surface area contributed by atoms with Crippen molar-refractivity contribution >= 4 is 11.7 Å². The summed E-state index contributed by atoms with van der Waals surface area (Å²) in [6.07, 6.45) is 7.82. The van der Waals surface area contributed by atoms with Crippen LogP contribution in [-0.2, 0) is 0 Å². The maximum Gasteiger partial charge on any atom is 0.268 e. The van der Waals surface area contributed by atoms with E-state index < -0.39 is 5.91 Å². The number of hydrogen-bond donors (Lipinski definition) is 3. The molecule has 4 N–H and O–H groups in total. The van der Waals surface area contributed by atoms with E-state index in [2.05, 4.69) is 20.6 Å². The van der Waals surface area contributed by atoms with E-state index in [1.807, 2.05) is 0 Å². The van der Waals surface area contributed by atoms with Crippen LogP contribution in [0.3, 0.4) is 0 Å². The molecule has 0 aromatic carbocycles. The lowest BCUT2D eigenvalue weighted by Crippen LogP contribution is -2.35. The summed E-state index contributed by atoms with van der Waals surface area (Å²) in [4.78, 5) is 19.0. The van der Waals surface area contributed by atoms with Crippen molar-refractivity contribution in [3.63, 3.8) is 0 Å². The molecule has 1 aromatic rings. The van der Waals surface area contributed by atoms with Gasteiger partial charge in [-0.05, 0) is 25.8 Å². The fourth-order valence-electron chi connectivity index (χ4n) is 2.11. The lowest BCUT2D eigenvalue weighted by Gasteiger charge is -2.23. The van der Waals surface area contributed by atoms with Crippen molar-refractivity contribution in [1.29, 1.82) is 0 Å². The van der Waals surface area contributed by atoms with Crippen LogP contribution in [0.1, 0.15) is 36.2 Å². The molecular weight excluding hydrogens is 230 g/mol. The normalized spacial score (nSPS) is 19.4. The molecule has 1 aliphatic rings. The molecule has 98 valence electrons. The molecule has 1 saturated heterocycles. The molecule has 2 heterocycles. The van der Waals surface area contributed by atoms with Crippen LogP contribution in [0.25, 0.3) is 0 Å². The predicted molar refractivity (Wildman–Crippen MR) is 69.3 cm³/mol. The molecule has 0 saturated carbocycles. The largest absolute Gasteiger partial charge is 0.369 e. The monoisotopic (exact) mass is 249 g/mol. The summed E-state index contributed by atoms with van der Waals surface area (Å²) in [5, 5.41) is 6.65. The first kappa shape index (κ1) is 12.8. The maximum atomic E-state index is 11.0. The third-order valence-corrected chi connectivity index (χ3v) is 3.10. The van der Waals surface area contributed by atoms with Crippen LogP contribution in [0.2, 0.25) is 0 Å². The Labute approximate surface area is 106 Å². The van der Waals surface area contributed by atoms with Crippen molar-refractivity contribution in [3.8, 4) is 0 Å². The van der Waals surface area contributed by atoms with Gasteiger partial charge in [0, 0.05) is 12.6 Å². The van der Waals surface area contributed by atoms with Gasteiger partial charge in [0.15, 0.2) is 0 Å². The van der Waals surface area contributed by atoms with Gasteiger partial charge in [0.05, 0.1) is 12.4 Å². The van der Waals surface area contributed by atoms with Gasteiger partial charge in [0.1, 0.15) is 11.5 Å². The lowest BCUT2D eigenvalue weighted by atomic mass is 10.0. The average Bonchev–Trinajstić information content (AvgIpc) is 2.40. The molecule has 1 aromatic heterocycles. The first-order valence-corrected chi connectivity index (χ1v) is 6.35. The number of anilines is 1. The third kappa shape index (κ3) is 3.66. The molecule has 6 heteroatoms. The summed E-state index contributed by atoms with van der Waals surface area (Å²) >= 11 is 0. The molecular formula is C12H19N5O. The molecule has 6 nitrogen and oxygen atoms in total. The first-order valence-electron chi connectivity index (χ1n) is 6.35. The second kappa shape index (κ2) is 6.30. The van der Waals surface area contributed by atoms with Gasteiger partial charge in [-0.3, -0.25) is 9.78 Å². The summed E-state index contributed by atoms with van der Waals surface area (Å²) in [5.41, 5.74) is 5.34. The van der Waals surface area contributed by atoms with E-state index in [0.29, 0.717) is 11.9 Å². The van der Waals surface area contributed by atoms with Crippen LogP contribution in [0.15, 0.2) is 12.4 Å². The van der Waals surface area contributed by atoms with Gasteiger partial charge in [-0.1, -0.05) is 6.42 Å². The van der Waals surface area contributed by atoms with Crippen LogP contribution >= 0.6 is 0 Å². The van der Waals surface area contributed by atoms with Crippen molar-refractivity contribution in [2.24, 2.45) is 5.73 Å². The summed E-state index contributed by atoms with van der Waals surface area (Å²) in [7, 11) is 0. The Morgan fingerprint density at radius 1 is 1.50 bits per heavy atom. The Balaban J connectivity index is 1.78. The van der Waals surface area contributed by atoms with Gasteiger partial charge < -0.3 is 16.4 Å². The molecule has 18 heavy (non-hydrogen) atoms. The Morgan fingerprint density at radius 3 is 3.11 bits per heavy atom. The van der Waals surface area contributed by atoms with E-state index in [9.17, 15) is 4.79 Å². The molecule has 1 fully saturated rings. The highest BCUT2D eigenvalue weighted by Crippen LogP contribution is 2.10. The number of amides is 1. The fourth-order valence-corrected chi connectivity index (χ4v) is 2.11. The highest BCUT2D eigenvalue weighted by Gasteiger charge is 2.11. The SMILES string of the molecule is NC(=O)c1cncc(NCCC2CCCCN2)n1. The number of carbonyl (C=O) groups excluding carboxylic acids is 1. The second-order valence-corrected chi connectivity index (χ2v) is 4.52. The first-order chi connectivity index (χ1) is 8.75. The minimum atomic E-state index is -0.555. The molecule has 1 unspecified atom stereocenters. The van der Waals surface area contributed by atoms with Gasteiger partial charge in [-0.25, -0.2) is 4.98 Å². The average molecular weight is 249 g/mol. The maximum absolute atomic E-state index is 11.0. The summed E-state index contributed by atoms with van der Waals surface area (Å²) in [6, 6.07) is 0.582. The molecule has 2 rings (SSSR count). The molecule has 0 spiro atoms. The van der Waals surface area contributed by atoms with Gasteiger partial charge in [0.2, 0.25) is 0 Å². The van der Waals surface area contributed by atoms with E-state index in [1.165, 1.54) is 25.5 Å². The number of piperidine rings is 1. The second-order valence-electron chi connectivity index (χ2n) is 4.52. The van der Waals surface area contributed by atoms with E-state index >= 15 is 0 Å². The zero-order valence-electron chi connectivity index (χ0n) is 10.4. The van der Waals surface area contributed by atoms with Crippen molar-refractivity contribution in [1.82, 2.24) is 15.3 Å². The van der Waals surface area contributed by atoms with Crippen LogP contribution in [0, 0.1) is 0 Å². The minimum absolute atomic E-state index is 0.191. The summed E-state index contributed by atoms with van der Waals surface area (Å²) in [5.74, 6) is 0.0437. The Morgan fingerprint density at radius 2 is 2.39 bits per heavy atom. The molecule has 0 radical (unpaired) electrons. The molecule has 1 atom stereocenters. The molecule has 1 aliphatic heterocycles. The molecule has 1 amide bonds. The zero-order chi connectivity index (χ0) is 12.8. The highest BCUT2D eigenvalue weighted by atomic mass is 16.1. The van der Waals surface area contributed by atoms with Crippen molar-refractivity contribution < 1.29 is 4.79 Å². The number of nitrogens with one attached hydrogen (secondary N) is 2. The summed E-state index contributed by atoms with van der Waals surface area (Å²) in [6.45, 7) is 1.93. The van der Waals surface area contributed by atoms with Crippen molar-refractivity contribution in [3.05, 3.63) is 18.1 Å². The summed E-state index contributed by atoms with van der Waals surface area (Å²) < 4.78 is 0. The van der Waals surface area contributed by atoms with Crippen LogP contribution < -0.4 is 16.4 Å². The van der Waals surface area contributed by atoms with Gasteiger partial charge in [-0.2, -0.15) is 0 Å². The number of rotatable bonds is 5. The number of nitrogens with zero attached hydrogens (tertiary/aromatic N) is 2. The Hall–Kier alpha value is -1.69. The van der Waals surface area contributed by atoms with E-state index in [-0.39, 0.29) is 5.69 Å². The molecule has 0 aliphatic carbocycles. The van der Waals surface area contributed by atoms with Gasteiger partial charge in [0.25, 0.3) is 5.91 Å². The van der Waals surface area contributed by atoms with Crippen LogP contribution in [-0.4, -0.2) is 35.0 Å². The Kier molecular flexibility index (Phi) is 4.46. The fraction of sp³-hybridized carbons (Fsp3) is 0.583. The molecule has 0 bridgehead atoms. The standard InChI is InChI=1S/C12H19N5O/c13-12(18)10-7-14-8-11(17-10)16-6-4-9-3-1-2-5-15-9/h7-9,15H,1-6H2,(H2,13,18)(H,16,17). The van der Waals surface area contributed by atoms with Crippen molar-refractivity contribution in [2.45, 2.75) is 31.7 Å². The topological polar surface area (TPSA) is 92.9 Å². The number of hydrogen-bond acceptors (Lipinski definition) is 5. The highest BCUT2D eigenvalue weighted by molar-refractivity contribution is 5.90. The van der Waals surface area contributed by atoms with Crippen LogP contribution in [0.5, 0.6) is 0 Å². The van der Waals surface area contributed by atoms with Crippen LogP contribution in [0.4, 0.5) is 5.82 Å². The minimum Gasteiger partial charge on any atom is -0.369 e. The number of nitrogens with two attached hydrogens (primary N) is 1. The quantitative estimate of drug-likeness (QED) is 0.707. The number of primary amides is 1. The third-order valence-electron chi connectivity index (χ3n) is 3.10. The van der Waals surface area contributed by atoms with Gasteiger partial charge in [-0.15, -0.1) is 0 Å². The predicted octanol–water partition coefficient (Wildman–Crippen LogP) is 0.520. The van der Waals surface area contributed by atoms with E-state index in [4.69, 9.17) is 5.73 Å².